The Hall–Kier alpha value is -1.29. The smallest absolute Gasteiger partial charge is 0.267 e. The number of aliphatic hydroxyl groups is 1. The van der Waals surface area contributed by atoms with Gasteiger partial charge in [0, 0.05) is 19.3 Å². The lowest BCUT2D eigenvalue weighted by molar-refractivity contribution is 0.0810. The molecular formula is C14H24N2O2. The van der Waals surface area contributed by atoms with E-state index in [0.717, 1.165) is 19.4 Å². The highest BCUT2D eigenvalue weighted by atomic mass is 16.3. The van der Waals surface area contributed by atoms with E-state index in [4.69, 9.17) is 0 Å². The summed E-state index contributed by atoms with van der Waals surface area (Å²) in [5.41, 5.74) is 0.647. The van der Waals surface area contributed by atoms with Gasteiger partial charge < -0.3 is 15.0 Å². The van der Waals surface area contributed by atoms with Crippen LogP contribution in [-0.2, 0) is 6.54 Å². The fourth-order valence-electron chi connectivity index (χ4n) is 2.18. The monoisotopic (exact) mass is 252 g/mol. The van der Waals surface area contributed by atoms with Crippen LogP contribution < -0.4 is 5.32 Å². The summed E-state index contributed by atoms with van der Waals surface area (Å²) in [6.07, 6.45) is 3.28. The Morgan fingerprint density at radius 3 is 2.61 bits per heavy atom. The molecule has 1 heterocycles. The van der Waals surface area contributed by atoms with E-state index < -0.39 is 6.10 Å². The van der Waals surface area contributed by atoms with Crippen LogP contribution in [0.15, 0.2) is 18.3 Å². The zero-order chi connectivity index (χ0) is 13.5. The Balaban J connectivity index is 2.51. The molecule has 0 bridgehead atoms. The van der Waals surface area contributed by atoms with Crippen LogP contribution >= 0.6 is 0 Å². The van der Waals surface area contributed by atoms with Gasteiger partial charge in [-0.3, -0.25) is 4.79 Å². The Labute approximate surface area is 109 Å². The number of hydrogen-bond donors (Lipinski definition) is 2. The summed E-state index contributed by atoms with van der Waals surface area (Å²) in [5.74, 6) is 0.134. The molecule has 1 aromatic rings. The summed E-state index contributed by atoms with van der Waals surface area (Å²) in [7, 11) is 0. The van der Waals surface area contributed by atoms with Gasteiger partial charge in [-0.1, -0.05) is 26.7 Å². The Morgan fingerprint density at radius 1 is 1.39 bits per heavy atom. The van der Waals surface area contributed by atoms with E-state index >= 15 is 0 Å². The van der Waals surface area contributed by atoms with Crippen molar-refractivity contribution in [2.45, 2.75) is 46.3 Å². The maximum atomic E-state index is 11.9. The van der Waals surface area contributed by atoms with Crippen LogP contribution in [-0.4, -0.2) is 28.2 Å². The van der Waals surface area contributed by atoms with Gasteiger partial charge in [0.15, 0.2) is 0 Å². The molecule has 0 aliphatic rings. The van der Waals surface area contributed by atoms with Crippen molar-refractivity contribution < 1.29 is 9.90 Å². The fourth-order valence-corrected chi connectivity index (χ4v) is 2.18. The maximum absolute atomic E-state index is 11.9. The predicted molar refractivity (Wildman–Crippen MR) is 72.5 cm³/mol. The van der Waals surface area contributed by atoms with Gasteiger partial charge in [-0.25, -0.2) is 0 Å². The average Bonchev–Trinajstić information content (AvgIpc) is 2.85. The lowest BCUT2D eigenvalue weighted by Gasteiger charge is -2.20. The van der Waals surface area contributed by atoms with E-state index in [1.807, 2.05) is 23.8 Å². The summed E-state index contributed by atoms with van der Waals surface area (Å²) in [6.45, 7) is 7.20. The number of rotatable bonds is 7. The fraction of sp³-hybridized carbons (Fsp3) is 0.643. The largest absolute Gasteiger partial charge is 0.391 e. The normalized spacial score (nSPS) is 12.7. The van der Waals surface area contributed by atoms with E-state index in [1.165, 1.54) is 0 Å². The van der Waals surface area contributed by atoms with Crippen molar-refractivity contribution >= 4 is 5.91 Å². The second kappa shape index (κ2) is 7.21. The molecule has 102 valence electrons. The first-order valence-corrected chi connectivity index (χ1v) is 6.75. The number of nitrogens with zero attached hydrogens (tertiary/aromatic N) is 1. The number of amides is 1. The minimum atomic E-state index is -0.464. The van der Waals surface area contributed by atoms with E-state index in [2.05, 4.69) is 19.2 Å². The highest BCUT2D eigenvalue weighted by molar-refractivity contribution is 5.92. The van der Waals surface area contributed by atoms with Crippen molar-refractivity contribution in [1.82, 2.24) is 9.88 Å². The molecule has 4 heteroatoms. The van der Waals surface area contributed by atoms with Crippen molar-refractivity contribution in [2.75, 3.05) is 6.54 Å². The van der Waals surface area contributed by atoms with E-state index in [0.29, 0.717) is 12.2 Å². The third-order valence-electron chi connectivity index (χ3n) is 3.47. The van der Waals surface area contributed by atoms with Gasteiger partial charge in [0.05, 0.1) is 6.10 Å². The van der Waals surface area contributed by atoms with Crippen LogP contribution in [0.25, 0.3) is 0 Å². The molecule has 1 amide bonds. The van der Waals surface area contributed by atoms with Crippen LogP contribution in [0.1, 0.15) is 44.1 Å². The molecule has 0 aliphatic carbocycles. The molecule has 1 atom stereocenters. The molecule has 2 N–H and O–H groups in total. The number of aliphatic hydroxyl groups excluding tert-OH is 1. The summed E-state index contributed by atoms with van der Waals surface area (Å²) in [6, 6.07) is 3.65. The standard InChI is InChI=1S/C14H24N2O2/c1-4-11(5-2)13(17)10-15-14(18)12-8-7-9-16(12)6-3/h7-9,11,13,17H,4-6,10H2,1-3H3,(H,15,18). The second-order valence-corrected chi connectivity index (χ2v) is 4.53. The van der Waals surface area contributed by atoms with Crippen LogP contribution in [0.4, 0.5) is 0 Å². The molecule has 0 saturated carbocycles. The maximum Gasteiger partial charge on any atom is 0.267 e. The first kappa shape index (κ1) is 14.8. The van der Waals surface area contributed by atoms with Crippen molar-refractivity contribution in [3.8, 4) is 0 Å². The number of hydrogen-bond acceptors (Lipinski definition) is 2. The number of aromatic nitrogens is 1. The van der Waals surface area contributed by atoms with Gasteiger partial charge in [0.25, 0.3) is 5.91 Å². The second-order valence-electron chi connectivity index (χ2n) is 4.53. The molecular weight excluding hydrogens is 228 g/mol. The first-order chi connectivity index (χ1) is 8.63. The van der Waals surface area contributed by atoms with Crippen LogP contribution in [0.2, 0.25) is 0 Å². The molecule has 0 fully saturated rings. The van der Waals surface area contributed by atoms with Crippen LogP contribution in [0.5, 0.6) is 0 Å². The molecule has 1 aromatic heterocycles. The van der Waals surface area contributed by atoms with Gasteiger partial charge in [-0.2, -0.15) is 0 Å². The van der Waals surface area contributed by atoms with Crippen LogP contribution in [0.3, 0.4) is 0 Å². The lowest BCUT2D eigenvalue weighted by Crippen LogP contribution is -2.36. The van der Waals surface area contributed by atoms with Crippen molar-refractivity contribution in [3.63, 3.8) is 0 Å². The molecule has 0 aliphatic heterocycles. The van der Waals surface area contributed by atoms with Gasteiger partial charge in [0.2, 0.25) is 0 Å². The Morgan fingerprint density at radius 2 is 2.06 bits per heavy atom. The molecule has 4 nitrogen and oxygen atoms in total. The van der Waals surface area contributed by atoms with Gasteiger partial charge in [0.1, 0.15) is 5.69 Å². The van der Waals surface area contributed by atoms with Gasteiger partial charge >= 0.3 is 0 Å². The van der Waals surface area contributed by atoms with Gasteiger partial charge in [-0.15, -0.1) is 0 Å². The minimum Gasteiger partial charge on any atom is -0.391 e. The summed E-state index contributed by atoms with van der Waals surface area (Å²) in [4.78, 5) is 11.9. The summed E-state index contributed by atoms with van der Waals surface area (Å²) >= 11 is 0. The molecule has 18 heavy (non-hydrogen) atoms. The highest BCUT2D eigenvalue weighted by Gasteiger charge is 2.17. The topological polar surface area (TPSA) is 54.3 Å². The lowest BCUT2D eigenvalue weighted by atomic mass is 9.96. The predicted octanol–water partition coefficient (Wildman–Crippen LogP) is 2.03. The third kappa shape index (κ3) is 3.60. The Kier molecular flexibility index (Phi) is 5.92. The van der Waals surface area contributed by atoms with E-state index in [9.17, 15) is 9.90 Å². The SMILES string of the molecule is CCC(CC)C(O)CNC(=O)c1cccn1CC. The zero-order valence-corrected chi connectivity index (χ0v) is 11.5. The number of aryl methyl sites for hydroxylation is 1. The molecule has 0 radical (unpaired) electrons. The average molecular weight is 252 g/mol. The van der Waals surface area contributed by atoms with E-state index in [1.54, 1.807) is 6.07 Å². The minimum absolute atomic E-state index is 0.119. The molecule has 1 unspecified atom stereocenters. The highest BCUT2D eigenvalue weighted by Crippen LogP contribution is 2.12. The number of nitrogens with one attached hydrogen (secondary N) is 1. The molecule has 1 rings (SSSR count). The molecule has 0 aromatic carbocycles. The van der Waals surface area contributed by atoms with Gasteiger partial charge in [-0.05, 0) is 25.0 Å². The first-order valence-electron chi connectivity index (χ1n) is 6.75. The van der Waals surface area contributed by atoms with Crippen molar-refractivity contribution in [1.29, 1.82) is 0 Å². The number of carbonyl (C=O) groups excluding carboxylic acids is 1. The summed E-state index contributed by atoms with van der Waals surface area (Å²) in [5, 5.41) is 12.8. The Bertz CT molecular complexity index is 370. The van der Waals surface area contributed by atoms with Crippen molar-refractivity contribution in [3.05, 3.63) is 24.0 Å². The third-order valence-corrected chi connectivity index (χ3v) is 3.47. The quantitative estimate of drug-likeness (QED) is 0.780. The summed E-state index contributed by atoms with van der Waals surface area (Å²) < 4.78 is 1.89. The zero-order valence-electron chi connectivity index (χ0n) is 11.5. The number of carbonyl (C=O) groups is 1. The molecule has 0 saturated heterocycles. The molecule has 0 spiro atoms. The van der Waals surface area contributed by atoms with E-state index in [-0.39, 0.29) is 11.8 Å². The van der Waals surface area contributed by atoms with Crippen LogP contribution in [0, 0.1) is 5.92 Å². The van der Waals surface area contributed by atoms with Crippen molar-refractivity contribution in [2.24, 2.45) is 5.92 Å².